The molecular weight excluding hydrogens is 428 g/mol. The summed E-state index contributed by atoms with van der Waals surface area (Å²) in [6.45, 7) is 0. The molecule has 2 aliphatic heterocycles. The molecule has 3 heterocycles. The van der Waals surface area contributed by atoms with Crippen molar-refractivity contribution in [2.24, 2.45) is 0 Å². The molecule has 0 radical (unpaired) electrons. The number of amides is 2. The Labute approximate surface area is 171 Å². The zero-order valence-electron chi connectivity index (χ0n) is 14.6. The van der Waals surface area contributed by atoms with Gasteiger partial charge in [0.15, 0.2) is 5.13 Å². The Hall–Kier alpha value is -2.94. The van der Waals surface area contributed by atoms with Crippen LogP contribution in [-0.2, 0) is 19.2 Å². The van der Waals surface area contributed by atoms with Crippen LogP contribution >= 0.6 is 23.1 Å². The number of carbonyl (C=O) groups excluding carboxylic acids is 2. The van der Waals surface area contributed by atoms with Gasteiger partial charge in [0.25, 0.3) is 11.8 Å². The average molecular weight is 446 g/mol. The van der Waals surface area contributed by atoms with E-state index in [9.17, 15) is 19.2 Å². The molecule has 0 unspecified atom stereocenters. The summed E-state index contributed by atoms with van der Waals surface area (Å²) in [5.41, 5.74) is 5.66. The molecule has 0 aromatic carbocycles. The van der Waals surface area contributed by atoms with Crippen LogP contribution in [0, 0.1) is 0 Å². The van der Waals surface area contributed by atoms with Gasteiger partial charge in [-0.15, -0.1) is 23.1 Å². The molecule has 2 amide bonds. The lowest BCUT2D eigenvalue weighted by molar-refractivity contribution is -0.150. The second-order valence-corrected chi connectivity index (χ2v) is 7.60. The first-order valence-electron chi connectivity index (χ1n) is 7.62. The van der Waals surface area contributed by atoms with Crippen molar-refractivity contribution in [2.45, 2.75) is 17.8 Å². The number of fused-ring (bicyclic) bond motifs is 1. The molecule has 3 rings (SSSR count). The lowest BCUT2D eigenvalue weighted by Crippen LogP contribution is -2.70. The Bertz CT molecular complexity index is 897. The van der Waals surface area contributed by atoms with Crippen molar-refractivity contribution in [3.63, 3.8) is 0 Å². The Morgan fingerprint density at radius 3 is 2.59 bits per heavy atom. The van der Waals surface area contributed by atoms with Crippen LogP contribution in [0.3, 0.4) is 0 Å². The summed E-state index contributed by atoms with van der Waals surface area (Å²) < 4.78 is 0. The Morgan fingerprint density at radius 1 is 1.34 bits per heavy atom. The van der Waals surface area contributed by atoms with E-state index in [0.717, 1.165) is 16.2 Å². The molecule has 0 saturated carbocycles. The fraction of sp³-hybridized carbons (Fsp3) is 0.267. The van der Waals surface area contributed by atoms with Crippen molar-refractivity contribution >= 4 is 57.6 Å². The molecule has 1 fully saturated rings. The van der Waals surface area contributed by atoms with Crippen LogP contribution in [0.1, 0.15) is 12.1 Å². The van der Waals surface area contributed by atoms with E-state index in [-0.39, 0.29) is 33.0 Å². The number of carboxylic acid groups (broad SMARTS) is 2. The number of aliphatic carboxylic acids is 2. The van der Waals surface area contributed by atoms with Crippen LogP contribution in [0.2, 0.25) is 0 Å². The van der Waals surface area contributed by atoms with Crippen molar-refractivity contribution in [1.82, 2.24) is 15.2 Å². The first kappa shape index (κ1) is 24.1. The molecule has 14 heteroatoms. The second kappa shape index (κ2) is 9.51. The number of carboxylic acids is 2. The van der Waals surface area contributed by atoms with E-state index in [0.29, 0.717) is 5.75 Å². The van der Waals surface area contributed by atoms with Gasteiger partial charge in [-0.25, -0.2) is 9.78 Å². The Morgan fingerprint density at radius 2 is 2.03 bits per heavy atom. The number of nitrogens with one attached hydrogen (secondary N) is 1. The SMILES string of the molecule is Nc1nc(C(=CCC(=O)O)C(=O)N[C@H]2C(=O)N3C(C(=O)O)=CCS[C@@H]23)cs1.O.O. The predicted octanol–water partition coefficient (Wildman–Crippen LogP) is -1.70. The number of nitrogen functional groups attached to an aromatic ring is 1. The van der Waals surface area contributed by atoms with Gasteiger partial charge in [0.2, 0.25) is 0 Å². The number of aromatic nitrogens is 1. The summed E-state index contributed by atoms with van der Waals surface area (Å²) in [7, 11) is 0. The second-order valence-electron chi connectivity index (χ2n) is 5.56. The molecule has 0 bridgehead atoms. The van der Waals surface area contributed by atoms with Crippen molar-refractivity contribution in [2.75, 3.05) is 11.5 Å². The van der Waals surface area contributed by atoms with Gasteiger partial charge in [-0.3, -0.25) is 19.3 Å². The lowest BCUT2D eigenvalue weighted by atomic mass is 10.0. The zero-order chi connectivity index (χ0) is 19.7. The molecule has 158 valence electrons. The van der Waals surface area contributed by atoms with Crippen molar-refractivity contribution in [1.29, 1.82) is 0 Å². The highest BCUT2D eigenvalue weighted by Crippen LogP contribution is 2.37. The summed E-state index contributed by atoms with van der Waals surface area (Å²) in [5.74, 6) is -3.16. The standard InChI is InChI=1S/C15H14N4O6S2.2H2O/c16-15-17-7(5-27-15)6(1-2-9(20)21)11(22)18-10-12(23)19-8(14(24)25)3-4-26-13(10)19;;/h1,3,5,10,13H,2,4H2,(H2,16,17)(H,18,22)(H,20,21)(H,24,25);2*1H2/t10-,13-;;/m0../s1. The molecular formula is C15H18N4O8S2. The number of carbonyl (C=O) groups is 4. The number of thiazole rings is 1. The molecule has 2 atom stereocenters. The Balaban J connectivity index is 0.00000210. The minimum atomic E-state index is -1.21. The third-order valence-corrected chi connectivity index (χ3v) is 5.73. The van der Waals surface area contributed by atoms with E-state index in [1.807, 2.05) is 0 Å². The monoisotopic (exact) mass is 446 g/mol. The minimum Gasteiger partial charge on any atom is -0.481 e. The van der Waals surface area contributed by atoms with E-state index >= 15 is 0 Å². The highest BCUT2D eigenvalue weighted by molar-refractivity contribution is 8.00. The third-order valence-electron chi connectivity index (χ3n) is 3.88. The van der Waals surface area contributed by atoms with Gasteiger partial charge in [0, 0.05) is 11.1 Å². The van der Waals surface area contributed by atoms with Crippen LogP contribution in [0.15, 0.2) is 23.2 Å². The number of nitrogens with two attached hydrogens (primary N) is 1. The number of nitrogens with zero attached hydrogens (tertiary/aromatic N) is 2. The number of hydrogen-bond donors (Lipinski definition) is 4. The molecule has 12 nitrogen and oxygen atoms in total. The molecule has 0 aliphatic carbocycles. The summed E-state index contributed by atoms with van der Waals surface area (Å²) in [5, 5.41) is 21.8. The van der Waals surface area contributed by atoms with E-state index in [4.69, 9.17) is 15.9 Å². The zero-order valence-corrected chi connectivity index (χ0v) is 16.2. The Kier molecular flexibility index (Phi) is 7.90. The van der Waals surface area contributed by atoms with Gasteiger partial charge in [0.05, 0.1) is 17.7 Å². The van der Waals surface area contributed by atoms with Gasteiger partial charge >= 0.3 is 11.9 Å². The topological polar surface area (TPSA) is 226 Å². The van der Waals surface area contributed by atoms with Crippen LogP contribution < -0.4 is 11.1 Å². The fourth-order valence-corrected chi connectivity index (χ4v) is 4.43. The highest BCUT2D eigenvalue weighted by Gasteiger charge is 2.52. The first-order chi connectivity index (χ1) is 12.8. The van der Waals surface area contributed by atoms with Crippen molar-refractivity contribution in [3.05, 3.63) is 28.9 Å². The molecule has 2 aliphatic rings. The predicted molar refractivity (Wildman–Crippen MR) is 105 cm³/mol. The normalized spacial score (nSPS) is 20.3. The van der Waals surface area contributed by atoms with Crippen molar-refractivity contribution < 1.29 is 40.3 Å². The van der Waals surface area contributed by atoms with Gasteiger partial charge in [0.1, 0.15) is 17.1 Å². The summed E-state index contributed by atoms with van der Waals surface area (Å²) in [6, 6.07) is -0.908. The van der Waals surface area contributed by atoms with Crippen LogP contribution in [0.25, 0.3) is 5.57 Å². The molecule has 1 saturated heterocycles. The van der Waals surface area contributed by atoms with Crippen LogP contribution in [0.5, 0.6) is 0 Å². The summed E-state index contributed by atoms with van der Waals surface area (Å²) in [6.07, 6.45) is 2.23. The van der Waals surface area contributed by atoms with E-state index in [2.05, 4.69) is 10.3 Å². The molecule has 1 aromatic heterocycles. The molecule has 1 aromatic rings. The van der Waals surface area contributed by atoms with Gasteiger partial charge in [-0.05, 0) is 6.08 Å². The van der Waals surface area contributed by atoms with Crippen LogP contribution in [0.4, 0.5) is 5.13 Å². The van der Waals surface area contributed by atoms with Gasteiger partial charge < -0.3 is 32.2 Å². The van der Waals surface area contributed by atoms with Crippen molar-refractivity contribution in [3.8, 4) is 0 Å². The molecule has 0 spiro atoms. The number of anilines is 1. The van der Waals surface area contributed by atoms with Gasteiger partial charge in [-0.2, -0.15) is 0 Å². The number of hydrogen-bond acceptors (Lipinski definition) is 8. The van der Waals surface area contributed by atoms with E-state index in [1.54, 1.807) is 0 Å². The number of β-lactam (4-membered cyclic amide) rings is 1. The maximum Gasteiger partial charge on any atom is 0.352 e. The molecule has 9 N–H and O–H groups in total. The van der Waals surface area contributed by atoms with E-state index in [1.165, 1.54) is 29.3 Å². The fourth-order valence-electron chi connectivity index (χ4n) is 2.67. The number of thioether (sulfide) groups is 1. The van der Waals surface area contributed by atoms with E-state index < -0.39 is 41.6 Å². The largest absolute Gasteiger partial charge is 0.481 e. The van der Waals surface area contributed by atoms with Gasteiger partial charge in [-0.1, -0.05) is 6.08 Å². The maximum atomic E-state index is 12.6. The minimum absolute atomic E-state index is 0. The molecule has 29 heavy (non-hydrogen) atoms. The maximum absolute atomic E-state index is 12.6. The summed E-state index contributed by atoms with van der Waals surface area (Å²) in [4.78, 5) is 52.1. The first-order valence-corrected chi connectivity index (χ1v) is 9.54. The highest BCUT2D eigenvalue weighted by atomic mass is 32.2. The lowest BCUT2D eigenvalue weighted by Gasteiger charge is -2.48. The third kappa shape index (κ3) is 4.73. The summed E-state index contributed by atoms with van der Waals surface area (Å²) >= 11 is 2.41. The number of rotatable bonds is 6. The smallest absolute Gasteiger partial charge is 0.352 e. The quantitative estimate of drug-likeness (QED) is 0.288. The van der Waals surface area contributed by atoms with Crippen LogP contribution in [-0.4, -0.2) is 72.0 Å². The average Bonchev–Trinajstić information content (AvgIpc) is 3.04.